The Hall–Kier alpha value is -2.31. The minimum absolute atomic E-state index is 0.0958. The Morgan fingerprint density at radius 3 is 2.65 bits per heavy atom. The van der Waals surface area contributed by atoms with Crippen molar-refractivity contribution >= 4 is 51.7 Å². The number of aromatic nitrogens is 1. The van der Waals surface area contributed by atoms with E-state index >= 15 is 0 Å². The third-order valence-corrected chi connectivity index (χ3v) is 8.40. The van der Waals surface area contributed by atoms with Crippen LogP contribution in [0.25, 0.3) is 0 Å². The normalized spacial score (nSPS) is 19.6. The van der Waals surface area contributed by atoms with E-state index < -0.39 is 40.6 Å². The van der Waals surface area contributed by atoms with Crippen LogP contribution in [-0.2, 0) is 33.1 Å². The number of hydrogen-bond donors (Lipinski definition) is 0. The van der Waals surface area contributed by atoms with E-state index in [2.05, 4.69) is 21.9 Å². The fourth-order valence-electron chi connectivity index (χ4n) is 3.22. The summed E-state index contributed by atoms with van der Waals surface area (Å²) in [5.41, 5.74) is 1.25. The van der Waals surface area contributed by atoms with E-state index in [1.54, 1.807) is 16.4 Å². The van der Waals surface area contributed by atoms with Crippen molar-refractivity contribution in [3.05, 3.63) is 58.6 Å². The summed E-state index contributed by atoms with van der Waals surface area (Å²) in [6, 6.07) is 7.22. The quantitative estimate of drug-likeness (QED) is 0.275. The lowest BCUT2D eigenvalue weighted by Gasteiger charge is -2.30. The predicted molar refractivity (Wildman–Crippen MR) is 129 cm³/mol. The average Bonchev–Trinajstić information content (AvgIpc) is 2.82. The lowest BCUT2D eigenvalue weighted by molar-refractivity contribution is 0.0765. The van der Waals surface area contributed by atoms with Gasteiger partial charge in [0.05, 0.1) is 33.8 Å². The molecule has 7 nitrogen and oxygen atoms in total. The van der Waals surface area contributed by atoms with Crippen molar-refractivity contribution in [2.24, 2.45) is 10.2 Å². The monoisotopic (exact) mass is 534 g/mol. The van der Waals surface area contributed by atoms with Gasteiger partial charge in [0.2, 0.25) is 5.90 Å². The first-order chi connectivity index (χ1) is 16.3. The Kier molecular flexibility index (Phi) is 9.60. The first-order valence-corrected chi connectivity index (χ1v) is 13.2. The van der Waals surface area contributed by atoms with Gasteiger partial charge < -0.3 is 4.74 Å². The average molecular weight is 535 g/mol. The molecule has 34 heavy (non-hydrogen) atoms. The van der Waals surface area contributed by atoms with Gasteiger partial charge in [-0.3, -0.25) is 13.5 Å². The maximum Gasteiger partial charge on any atom is 0.272 e. The van der Waals surface area contributed by atoms with Crippen molar-refractivity contribution in [3.8, 4) is 0 Å². The van der Waals surface area contributed by atoms with E-state index in [-0.39, 0.29) is 22.7 Å². The molecule has 184 valence electrons. The van der Waals surface area contributed by atoms with E-state index in [1.807, 2.05) is 0 Å². The van der Waals surface area contributed by atoms with Crippen molar-refractivity contribution in [1.82, 2.24) is 4.98 Å². The highest BCUT2D eigenvalue weighted by molar-refractivity contribution is 7.88. The van der Waals surface area contributed by atoms with Crippen LogP contribution in [0.1, 0.15) is 24.1 Å². The summed E-state index contributed by atoms with van der Waals surface area (Å²) in [5.74, 6) is 0.187. The van der Waals surface area contributed by atoms with Crippen LogP contribution in [0.2, 0.25) is 5.02 Å². The van der Waals surface area contributed by atoms with Gasteiger partial charge in [0, 0.05) is 35.2 Å². The Labute approximate surface area is 205 Å². The van der Waals surface area contributed by atoms with Gasteiger partial charge in [0.15, 0.2) is 6.61 Å². The van der Waals surface area contributed by atoms with Crippen molar-refractivity contribution in [2.75, 3.05) is 22.4 Å². The molecule has 1 aromatic heterocycles. The maximum absolute atomic E-state index is 13.7. The van der Waals surface area contributed by atoms with Gasteiger partial charge in [-0.25, -0.2) is 17.4 Å². The van der Waals surface area contributed by atoms with Crippen LogP contribution in [-0.4, -0.2) is 55.8 Å². The lowest BCUT2D eigenvalue weighted by atomic mass is 10.2. The molecule has 1 aliphatic rings. The van der Waals surface area contributed by atoms with Crippen molar-refractivity contribution < 1.29 is 26.3 Å². The Morgan fingerprint density at radius 1 is 1.32 bits per heavy atom. The van der Waals surface area contributed by atoms with Crippen LogP contribution in [0, 0.1) is 5.82 Å². The molecule has 0 radical (unpaired) electrons. The van der Waals surface area contributed by atoms with Crippen LogP contribution in [0.5, 0.6) is 0 Å². The Morgan fingerprint density at radius 2 is 2.06 bits per heavy atom. The van der Waals surface area contributed by atoms with Crippen LogP contribution in [0.4, 0.5) is 18.9 Å². The fraction of sp³-hybridized carbons (Fsp3) is 0.381. The van der Waals surface area contributed by atoms with E-state index in [0.29, 0.717) is 41.3 Å². The zero-order valence-electron chi connectivity index (χ0n) is 17.9. The molecule has 0 amide bonds. The van der Waals surface area contributed by atoms with Gasteiger partial charge in [-0.15, -0.1) is 5.10 Å². The van der Waals surface area contributed by atoms with E-state index in [1.165, 1.54) is 24.4 Å². The summed E-state index contributed by atoms with van der Waals surface area (Å²) in [6.07, 6.45) is -0.252. The minimum Gasteiger partial charge on any atom is -0.470 e. The highest BCUT2D eigenvalue weighted by Gasteiger charge is 2.28. The molecule has 3 rings (SSSR count). The smallest absolute Gasteiger partial charge is 0.272 e. The van der Waals surface area contributed by atoms with Crippen LogP contribution >= 0.6 is 11.6 Å². The molecule has 0 bridgehead atoms. The van der Waals surface area contributed by atoms with Crippen LogP contribution in [0.15, 0.2) is 46.7 Å². The first-order valence-electron chi connectivity index (χ1n) is 10.2. The van der Waals surface area contributed by atoms with Crippen molar-refractivity contribution in [2.45, 2.75) is 31.1 Å². The maximum atomic E-state index is 13.7. The molecule has 1 unspecified atom stereocenters. The Bertz CT molecular complexity index is 1080. The van der Waals surface area contributed by atoms with Gasteiger partial charge in [0.25, 0.3) is 6.43 Å². The number of benzene rings is 1. The van der Waals surface area contributed by atoms with Crippen molar-refractivity contribution in [1.29, 1.82) is 0 Å². The molecule has 1 atom stereocenters. The van der Waals surface area contributed by atoms with E-state index in [9.17, 15) is 21.6 Å². The lowest BCUT2D eigenvalue weighted by Crippen LogP contribution is -2.37. The largest absolute Gasteiger partial charge is 0.470 e. The Balaban J connectivity index is 1.84. The molecule has 1 fully saturated rings. The SMILES string of the molecule is C=N/N=C(\OCC(F)F)c1ccc(CN(c2ccc(F)c(Cl)c2)S(=O)C2CCS(=O)CC2)nc1. The molecular weight excluding hydrogens is 513 g/mol. The second kappa shape index (κ2) is 12.4. The number of halogens is 4. The molecule has 0 saturated carbocycles. The molecule has 2 heterocycles. The van der Waals surface area contributed by atoms with Gasteiger partial charge in [-0.1, -0.05) is 11.6 Å². The minimum atomic E-state index is -2.69. The number of nitrogens with zero attached hydrogens (tertiary/aromatic N) is 4. The summed E-state index contributed by atoms with van der Waals surface area (Å²) >= 11 is 5.96. The molecule has 0 spiro atoms. The van der Waals surface area contributed by atoms with Crippen LogP contribution < -0.4 is 4.31 Å². The van der Waals surface area contributed by atoms with E-state index in [4.69, 9.17) is 16.3 Å². The topological polar surface area (TPSA) is 84.2 Å². The summed E-state index contributed by atoms with van der Waals surface area (Å²) in [4.78, 5) is 4.31. The summed E-state index contributed by atoms with van der Waals surface area (Å²) < 4.78 is 70.4. The third kappa shape index (κ3) is 7.09. The van der Waals surface area contributed by atoms with Gasteiger partial charge in [-0.2, -0.15) is 5.10 Å². The van der Waals surface area contributed by atoms with Gasteiger partial charge in [0.1, 0.15) is 16.8 Å². The van der Waals surface area contributed by atoms with Gasteiger partial charge in [-0.05, 0) is 43.2 Å². The number of hydrogen-bond acceptors (Lipinski definition) is 6. The fourth-order valence-corrected chi connectivity index (χ4v) is 6.57. The number of alkyl halides is 2. The predicted octanol–water partition coefficient (Wildman–Crippen LogP) is 4.10. The zero-order chi connectivity index (χ0) is 24.7. The number of ether oxygens (including phenoxy) is 1. The highest BCUT2D eigenvalue weighted by atomic mass is 35.5. The van der Waals surface area contributed by atoms with Gasteiger partial charge >= 0.3 is 0 Å². The van der Waals surface area contributed by atoms with Crippen LogP contribution in [0.3, 0.4) is 0 Å². The molecule has 0 aliphatic carbocycles. The molecule has 0 N–H and O–H groups in total. The molecular formula is C21H22ClF3N4O3S2. The van der Waals surface area contributed by atoms with E-state index in [0.717, 1.165) is 0 Å². The summed E-state index contributed by atoms with van der Waals surface area (Å²) in [5, 5.41) is 6.61. The highest BCUT2D eigenvalue weighted by Crippen LogP contribution is 2.28. The zero-order valence-corrected chi connectivity index (χ0v) is 20.3. The second-order valence-electron chi connectivity index (χ2n) is 7.25. The number of anilines is 1. The standard InChI is InChI=1S/C21H22ClF3N4O3S2/c1-26-28-21(32-13-20(24)25)14-2-3-15(27-11-14)12-29(16-4-5-19(23)18(22)10-16)34(31)17-6-8-33(30)9-7-17/h2-5,10-11,17,20H,1,6-9,12-13H2/b28-21-. The number of rotatable bonds is 9. The first kappa shape index (κ1) is 26.3. The third-order valence-electron chi connectivity index (χ3n) is 4.91. The molecule has 1 aliphatic heterocycles. The van der Waals surface area contributed by atoms with Crippen molar-refractivity contribution in [3.63, 3.8) is 0 Å². The second-order valence-corrected chi connectivity index (χ2v) is 11.0. The molecule has 1 saturated heterocycles. The summed E-state index contributed by atoms with van der Waals surface area (Å²) in [7, 11) is -2.44. The summed E-state index contributed by atoms with van der Waals surface area (Å²) in [6.45, 7) is 2.44. The number of pyridine rings is 1. The molecule has 13 heteroatoms. The molecule has 2 aromatic rings. The molecule has 1 aromatic carbocycles.